The van der Waals surface area contributed by atoms with Crippen LogP contribution < -0.4 is 15.4 Å². The van der Waals surface area contributed by atoms with E-state index in [1.165, 1.54) is 0 Å². The largest absolute Gasteiger partial charge is 0.490 e. The molecule has 3 heterocycles. The van der Waals surface area contributed by atoms with Crippen molar-refractivity contribution in [3.05, 3.63) is 72.9 Å². The molecule has 8 nitrogen and oxygen atoms in total. The van der Waals surface area contributed by atoms with Gasteiger partial charge in [0.25, 0.3) is 0 Å². The molecule has 176 valence electrons. The van der Waals surface area contributed by atoms with Gasteiger partial charge in [-0.05, 0) is 56.3 Å². The summed E-state index contributed by atoms with van der Waals surface area (Å²) in [6.45, 7) is 4.67. The van der Waals surface area contributed by atoms with Gasteiger partial charge in [0.15, 0.2) is 5.82 Å². The van der Waals surface area contributed by atoms with E-state index in [-0.39, 0.29) is 12.3 Å². The summed E-state index contributed by atoms with van der Waals surface area (Å²) in [6, 6.07) is 22.3. The topological polar surface area (TPSA) is 100 Å². The van der Waals surface area contributed by atoms with Crippen LogP contribution in [0, 0.1) is 0 Å². The first-order chi connectivity index (χ1) is 17.1. The van der Waals surface area contributed by atoms with Crippen LogP contribution in [0.2, 0.25) is 0 Å². The number of para-hydroxylation sites is 2. The van der Waals surface area contributed by atoms with Crippen molar-refractivity contribution in [3.63, 3.8) is 0 Å². The fourth-order valence-electron chi connectivity index (χ4n) is 4.14. The summed E-state index contributed by atoms with van der Waals surface area (Å²) in [5.74, 6) is 2.06. The molecule has 35 heavy (non-hydrogen) atoms. The molecule has 1 aliphatic rings. The van der Waals surface area contributed by atoms with Crippen LogP contribution in [0.4, 0.5) is 11.5 Å². The third kappa shape index (κ3) is 4.53. The third-order valence-electron chi connectivity index (χ3n) is 5.92. The monoisotopic (exact) mass is 466 g/mol. The van der Waals surface area contributed by atoms with Crippen molar-refractivity contribution in [1.82, 2.24) is 25.5 Å². The molecule has 0 amide bonds. The van der Waals surface area contributed by atoms with E-state index < -0.39 is 0 Å². The zero-order valence-corrected chi connectivity index (χ0v) is 19.5. The number of aromatic amines is 1. The van der Waals surface area contributed by atoms with E-state index in [0.29, 0.717) is 18.5 Å². The molecule has 0 bridgehead atoms. The molecule has 0 aliphatic carbocycles. The lowest BCUT2D eigenvalue weighted by atomic mass is 10.1. The Morgan fingerprint density at radius 1 is 1.03 bits per heavy atom. The second-order valence-electron chi connectivity index (χ2n) is 8.93. The molecule has 1 fully saturated rings. The number of aromatic nitrogens is 4. The average molecular weight is 467 g/mol. The van der Waals surface area contributed by atoms with Crippen molar-refractivity contribution in [2.75, 3.05) is 11.9 Å². The number of fused-ring (bicyclic) bond motifs is 2. The highest BCUT2D eigenvalue weighted by Gasteiger charge is 2.39. The lowest BCUT2D eigenvalue weighted by molar-refractivity contribution is 0.257. The van der Waals surface area contributed by atoms with Gasteiger partial charge in [0.05, 0.1) is 22.8 Å². The van der Waals surface area contributed by atoms with Crippen LogP contribution in [0.25, 0.3) is 33.2 Å². The van der Waals surface area contributed by atoms with Gasteiger partial charge < -0.3 is 14.8 Å². The summed E-state index contributed by atoms with van der Waals surface area (Å²) in [7, 11) is 0. The summed E-state index contributed by atoms with van der Waals surface area (Å²) in [5, 5.41) is 15.9. The predicted octanol–water partition coefficient (Wildman–Crippen LogP) is 5.02. The number of ether oxygens (including phenoxy) is 2. The van der Waals surface area contributed by atoms with E-state index in [0.717, 1.165) is 44.6 Å². The first kappa shape index (κ1) is 21.5. The molecule has 8 heteroatoms. The Kier molecular flexibility index (Phi) is 5.52. The molecule has 2 atom stereocenters. The molecule has 1 aliphatic heterocycles. The maximum Gasteiger partial charge on any atom is 0.165 e. The highest BCUT2D eigenvalue weighted by atomic mass is 16.6. The van der Waals surface area contributed by atoms with Gasteiger partial charge in [0.1, 0.15) is 30.5 Å². The molecule has 0 spiro atoms. The molecule has 1 saturated heterocycles. The van der Waals surface area contributed by atoms with Crippen molar-refractivity contribution in [3.8, 4) is 17.1 Å². The fraction of sp³-hybridized carbons (Fsp3) is 0.222. The number of hydrogen-bond donors (Lipinski definition) is 3. The van der Waals surface area contributed by atoms with Crippen LogP contribution in [0.15, 0.2) is 72.9 Å². The second-order valence-corrected chi connectivity index (χ2v) is 8.93. The maximum atomic E-state index is 6.16. The van der Waals surface area contributed by atoms with Crippen LogP contribution in [0.1, 0.15) is 13.8 Å². The molecule has 2 aromatic heterocycles. The molecular weight excluding hydrogens is 440 g/mol. The van der Waals surface area contributed by atoms with Gasteiger partial charge in [0.2, 0.25) is 0 Å². The smallest absolute Gasteiger partial charge is 0.165 e. The van der Waals surface area contributed by atoms with Crippen LogP contribution >= 0.6 is 0 Å². The minimum Gasteiger partial charge on any atom is -0.490 e. The fourth-order valence-corrected chi connectivity index (χ4v) is 4.14. The first-order valence-electron chi connectivity index (χ1n) is 11.7. The number of anilines is 2. The van der Waals surface area contributed by atoms with Gasteiger partial charge in [-0.2, -0.15) is 5.10 Å². The number of nitrogens with zero attached hydrogens (tertiary/aromatic N) is 3. The summed E-state index contributed by atoms with van der Waals surface area (Å²) < 4.78 is 11.8. The Morgan fingerprint density at radius 2 is 1.89 bits per heavy atom. The van der Waals surface area contributed by atoms with E-state index in [9.17, 15) is 0 Å². The normalized spacial score (nSPS) is 17.2. The zero-order chi connectivity index (χ0) is 23.8. The quantitative estimate of drug-likeness (QED) is 0.276. The Balaban J connectivity index is 1.32. The molecule has 3 N–H and O–H groups in total. The number of nitrogens with one attached hydrogen (secondary N) is 3. The minimum absolute atomic E-state index is 0.0399. The van der Waals surface area contributed by atoms with Crippen molar-refractivity contribution >= 4 is 33.3 Å². The van der Waals surface area contributed by atoms with Crippen LogP contribution in [-0.4, -0.2) is 45.1 Å². The summed E-state index contributed by atoms with van der Waals surface area (Å²) in [6.07, 6.45) is 1.89. The highest BCUT2D eigenvalue weighted by molar-refractivity contribution is 5.93. The summed E-state index contributed by atoms with van der Waals surface area (Å²) >= 11 is 0. The SMILES string of the molecule is CC(C)NC1OC1COc1ccccc1-c1nc(Nc2ccc3[nH]ncc3c2)c2ccccc2n1. The van der Waals surface area contributed by atoms with Gasteiger partial charge in [0, 0.05) is 22.5 Å². The van der Waals surface area contributed by atoms with E-state index in [2.05, 4.69) is 34.7 Å². The van der Waals surface area contributed by atoms with Gasteiger partial charge in [-0.3, -0.25) is 10.4 Å². The van der Waals surface area contributed by atoms with Crippen LogP contribution in [-0.2, 0) is 4.74 Å². The second kappa shape index (κ2) is 8.98. The molecule has 5 aromatic rings. The predicted molar refractivity (Wildman–Crippen MR) is 137 cm³/mol. The van der Waals surface area contributed by atoms with Gasteiger partial charge in [-0.15, -0.1) is 0 Å². The molecule has 3 aromatic carbocycles. The Labute approximate surface area is 202 Å². The molecule has 0 radical (unpaired) electrons. The van der Waals surface area contributed by atoms with Crippen molar-refractivity contribution in [2.45, 2.75) is 32.2 Å². The van der Waals surface area contributed by atoms with Crippen LogP contribution in [0.5, 0.6) is 5.75 Å². The van der Waals surface area contributed by atoms with Gasteiger partial charge in [-0.25, -0.2) is 9.97 Å². The number of H-pyrrole nitrogens is 1. The van der Waals surface area contributed by atoms with E-state index in [1.807, 2.05) is 72.9 Å². The summed E-state index contributed by atoms with van der Waals surface area (Å²) in [5.41, 5.74) is 3.60. The van der Waals surface area contributed by atoms with Crippen LogP contribution in [0.3, 0.4) is 0 Å². The van der Waals surface area contributed by atoms with Gasteiger partial charge >= 0.3 is 0 Å². The number of benzene rings is 3. The lowest BCUT2D eigenvalue weighted by Gasteiger charge is -2.14. The van der Waals surface area contributed by atoms with E-state index >= 15 is 0 Å². The van der Waals surface area contributed by atoms with Crippen molar-refractivity contribution in [2.24, 2.45) is 0 Å². The standard InChI is InChI=1S/C27H26N6O2/c1-16(2)29-27-24(35-27)15-34-23-10-6-4-8-20(23)26-31-22-9-5-3-7-19(22)25(32-26)30-18-11-12-21-17(13-18)14-28-33-21/h3-14,16,24,27,29H,15H2,1-2H3,(H,28,33)(H,30,31,32). The molecule has 6 rings (SSSR count). The molecule has 2 unspecified atom stereocenters. The molecular formula is C27H26N6O2. The third-order valence-corrected chi connectivity index (χ3v) is 5.92. The maximum absolute atomic E-state index is 6.16. The van der Waals surface area contributed by atoms with E-state index in [4.69, 9.17) is 19.4 Å². The Bertz CT molecular complexity index is 1500. The average Bonchev–Trinajstić information content (AvgIpc) is 3.42. The number of epoxide rings is 1. The highest BCUT2D eigenvalue weighted by Crippen LogP contribution is 2.33. The van der Waals surface area contributed by atoms with Crippen molar-refractivity contribution in [1.29, 1.82) is 0 Å². The number of rotatable bonds is 8. The Hall–Kier alpha value is -4.01. The lowest BCUT2D eigenvalue weighted by Crippen LogP contribution is -2.28. The van der Waals surface area contributed by atoms with Gasteiger partial charge in [-0.1, -0.05) is 24.3 Å². The van der Waals surface area contributed by atoms with E-state index in [1.54, 1.807) is 0 Å². The summed E-state index contributed by atoms with van der Waals surface area (Å²) in [4.78, 5) is 9.78. The first-order valence-corrected chi connectivity index (χ1v) is 11.7. The number of hydrogen-bond acceptors (Lipinski definition) is 7. The minimum atomic E-state index is 0.0399. The molecule has 0 saturated carbocycles. The van der Waals surface area contributed by atoms with Crippen molar-refractivity contribution < 1.29 is 9.47 Å². The zero-order valence-electron chi connectivity index (χ0n) is 19.5. The Morgan fingerprint density at radius 3 is 2.80 bits per heavy atom.